The summed E-state index contributed by atoms with van der Waals surface area (Å²) >= 11 is 1.65. The Labute approximate surface area is 147 Å². The van der Waals surface area contributed by atoms with Crippen molar-refractivity contribution in [3.8, 4) is 0 Å². The smallest absolute Gasteiger partial charge is 0.225 e. The summed E-state index contributed by atoms with van der Waals surface area (Å²) in [6.45, 7) is 8.47. The van der Waals surface area contributed by atoms with Gasteiger partial charge in [-0.15, -0.1) is 11.3 Å². The van der Waals surface area contributed by atoms with Crippen molar-refractivity contribution in [2.45, 2.75) is 51.9 Å². The van der Waals surface area contributed by atoms with E-state index in [-0.39, 0.29) is 23.1 Å². The number of carbonyl (C=O) groups is 2. The molecule has 2 heterocycles. The molecule has 0 aromatic carbocycles. The molecule has 0 radical (unpaired) electrons. The number of thiazole rings is 1. The van der Waals surface area contributed by atoms with Gasteiger partial charge in [0.2, 0.25) is 11.8 Å². The first-order valence-electron chi connectivity index (χ1n) is 8.83. The number of carbonyl (C=O) groups excluding carboxylic acids is 2. The van der Waals surface area contributed by atoms with Gasteiger partial charge in [-0.05, 0) is 18.8 Å². The minimum atomic E-state index is -0.183. The summed E-state index contributed by atoms with van der Waals surface area (Å²) in [6, 6.07) is 0. The van der Waals surface area contributed by atoms with Crippen molar-refractivity contribution in [2.24, 2.45) is 11.8 Å². The molecular formula is C18H27N3O2S. The Morgan fingerprint density at radius 1 is 1.42 bits per heavy atom. The molecule has 1 saturated carbocycles. The second-order valence-electron chi connectivity index (χ2n) is 8.06. The average Bonchev–Trinajstić information content (AvgIpc) is 3.04. The van der Waals surface area contributed by atoms with Crippen LogP contribution in [0.2, 0.25) is 0 Å². The lowest BCUT2D eigenvalue weighted by atomic mass is 9.93. The van der Waals surface area contributed by atoms with Crippen LogP contribution < -0.4 is 5.32 Å². The van der Waals surface area contributed by atoms with Crippen molar-refractivity contribution in [3.63, 3.8) is 0 Å². The highest BCUT2D eigenvalue weighted by Gasteiger charge is 2.36. The number of aromatic nitrogens is 1. The molecule has 2 fully saturated rings. The van der Waals surface area contributed by atoms with E-state index >= 15 is 0 Å². The number of amides is 2. The maximum absolute atomic E-state index is 12.3. The van der Waals surface area contributed by atoms with Crippen LogP contribution >= 0.6 is 11.3 Å². The first kappa shape index (κ1) is 17.4. The fourth-order valence-electron chi connectivity index (χ4n) is 2.94. The van der Waals surface area contributed by atoms with Gasteiger partial charge in [0.25, 0.3) is 0 Å². The van der Waals surface area contributed by atoms with Crippen LogP contribution in [0.4, 0.5) is 0 Å². The molecule has 24 heavy (non-hydrogen) atoms. The summed E-state index contributed by atoms with van der Waals surface area (Å²) in [5, 5.41) is 6.13. The van der Waals surface area contributed by atoms with Gasteiger partial charge in [-0.3, -0.25) is 9.59 Å². The van der Waals surface area contributed by atoms with Crippen LogP contribution in [0, 0.1) is 11.8 Å². The van der Waals surface area contributed by atoms with Crippen molar-refractivity contribution in [1.82, 2.24) is 15.2 Å². The molecule has 1 aliphatic carbocycles. The van der Waals surface area contributed by atoms with Gasteiger partial charge in [0.15, 0.2) is 0 Å². The summed E-state index contributed by atoms with van der Waals surface area (Å²) in [6.07, 6.45) is 3.57. The zero-order valence-corrected chi connectivity index (χ0v) is 15.6. The first-order valence-corrected chi connectivity index (χ1v) is 9.71. The van der Waals surface area contributed by atoms with E-state index in [0.29, 0.717) is 25.4 Å². The molecule has 1 unspecified atom stereocenters. The monoisotopic (exact) mass is 349 g/mol. The van der Waals surface area contributed by atoms with Gasteiger partial charge in [0.1, 0.15) is 0 Å². The van der Waals surface area contributed by atoms with Crippen LogP contribution in [0.25, 0.3) is 0 Å². The molecule has 1 atom stereocenters. The zero-order valence-electron chi connectivity index (χ0n) is 14.8. The normalized spacial score (nSPS) is 21.4. The lowest BCUT2D eigenvalue weighted by Crippen LogP contribution is -2.34. The lowest BCUT2D eigenvalue weighted by Gasteiger charge is -2.16. The molecular weight excluding hydrogens is 322 g/mol. The predicted octanol–water partition coefficient (Wildman–Crippen LogP) is 2.36. The van der Waals surface area contributed by atoms with Gasteiger partial charge < -0.3 is 10.2 Å². The Morgan fingerprint density at radius 3 is 2.79 bits per heavy atom. The van der Waals surface area contributed by atoms with Crippen LogP contribution in [0.15, 0.2) is 5.38 Å². The highest BCUT2D eigenvalue weighted by atomic mass is 32.1. The minimum Gasteiger partial charge on any atom is -0.355 e. The number of likely N-dealkylation sites (tertiary alicyclic amines) is 1. The molecule has 6 heteroatoms. The molecule has 2 amide bonds. The Hall–Kier alpha value is -1.43. The molecule has 132 valence electrons. The summed E-state index contributed by atoms with van der Waals surface area (Å²) in [7, 11) is 0. The second-order valence-corrected chi connectivity index (χ2v) is 9.00. The Bertz CT molecular complexity index is 616. The highest BCUT2D eigenvalue weighted by Crippen LogP contribution is 2.32. The number of rotatable bonds is 6. The fourth-order valence-corrected chi connectivity index (χ4v) is 3.97. The molecule has 2 aliphatic rings. The van der Waals surface area contributed by atoms with Gasteiger partial charge in [0.05, 0.1) is 16.6 Å². The van der Waals surface area contributed by atoms with Crippen LogP contribution in [0.3, 0.4) is 0 Å². The number of hydrogen-bond donors (Lipinski definition) is 1. The highest BCUT2D eigenvalue weighted by molar-refractivity contribution is 7.09. The molecule has 1 N–H and O–H groups in total. The van der Waals surface area contributed by atoms with Gasteiger partial charge in [-0.1, -0.05) is 20.8 Å². The van der Waals surface area contributed by atoms with E-state index in [4.69, 9.17) is 0 Å². The summed E-state index contributed by atoms with van der Waals surface area (Å²) in [5.74, 6) is 0.640. The van der Waals surface area contributed by atoms with E-state index in [1.807, 2.05) is 4.90 Å². The van der Waals surface area contributed by atoms with Crippen molar-refractivity contribution < 1.29 is 9.59 Å². The van der Waals surface area contributed by atoms with Gasteiger partial charge in [0, 0.05) is 43.3 Å². The third-order valence-corrected chi connectivity index (χ3v) is 5.63. The van der Waals surface area contributed by atoms with Crippen molar-refractivity contribution in [3.05, 3.63) is 16.1 Å². The fraction of sp³-hybridized carbons (Fsp3) is 0.722. The van der Waals surface area contributed by atoms with E-state index in [2.05, 4.69) is 36.5 Å². The van der Waals surface area contributed by atoms with Gasteiger partial charge >= 0.3 is 0 Å². The quantitative estimate of drug-likeness (QED) is 0.857. The number of nitrogens with one attached hydrogen (secondary N) is 1. The van der Waals surface area contributed by atoms with Crippen molar-refractivity contribution in [2.75, 3.05) is 19.6 Å². The topological polar surface area (TPSA) is 62.3 Å². The summed E-state index contributed by atoms with van der Waals surface area (Å²) < 4.78 is 0. The third kappa shape index (κ3) is 4.35. The largest absolute Gasteiger partial charge is 0.355 e. The van der Waals surface area contributed by atoms with E-state index < -0.39 is 0 Å². The van der Waals surface area contributed by atoms with Crippen LogP contribution in [-0.4, -0.2) is 41.3 Å². The molecule has 0 bridgehead atoms. The molecule has 1 aromatic rings. The van der Waals surface area contributed by atoms with Crippen LogP contribution in [-0.2, 0) is 21.4 Å². The number of nitrogens with zero attached hydrogens (tertiary/aromatic N) is 2. The van der Waals surface area contributed by atoms with Gasteiger partial charge in [-0.25, -0.2) is 4.98 Å². The molecule has 0 spiro atoms. The van der Waals surface area contributed by atoms with Crippen LogP contribution in [0.1, 0.15) is 50.7 Å². The first-order chi connectivity index (χ1) is 11.3. The Balaban J connectivity index is 1.42. The molecule has 5 nitrogen and oxygen atoms in total. The van der Waals surface area contributed by atoms with Crippen molar-refractivity contribution in [1.29, 1.82) is 0 Å². The Kier molecular flexibility index (Phi) is 4.95. The molecule has 1 saturated heterocycles. The SMILES string of the molecule is CC(C)(C)c1csc(CCNC(=O)C2CC(=O)N(CC3CC3)C2)n1. The molecule has 1 aliphatic heterocycles. The minimum absolute atomic E-state index is 0.00856. The van der Waals surface area contributed by atoms with E-state index in [1.54, 1.807) is 11.3 Å². The summed E-state index contributed by atoms with van der Waals surface area (Å²) in [4.78, 5) is 30.8. The zero-order chi connectivity index (χ0) is 17.3. The standard InChI is InChI=1S/C18H27N3O2S/c1-18(2,3)14-11-24-15(20-14)6-7-19-17(23)13-8-16(22)21(10-13)9-12-4-5-12/h11-13H,4-10H2,1-3H3,(H,19,23). The van der Waals surface area contributed by atoms with E-state index in [0.717, 1.165) is 23.7 Å². The Morgan fingerprint density at radius 2 is 2.17 bits per heavy atom. The maximum atomic E-state index is 12.3. The molecule has 3 rings (SSSR count). The predicted molar refractivity (Wildman–Crippen MR) is 94.9 cm³/mol. The molecule has 1 aromatic heterocycles. The summed E-state index contributed by atoms with van der Waals surface area (Å²) in [5.41, 5.74) is 1.17. The van der Waals surface area contributed by atoms with E-state index in [9.17, 15) is 9.59 Å². The third-order valence-electron chi connectivity index (χ3n) is 4.72. The maximum Gasteiger partial charge on any atom is 0.225 e. The number of hydrogen-bond acceptors (Lipinski definition) is 4. The van der Waals surface area contributed by atoms with Crippen molar-refractivity contribution >= 4 is 23.2 Å². The second kappa shape index (κ2) is 6.82. The lowest BCUT2D eigenvalue weighted by molar-refractivity contribution is -0.129. The van der Waals surface area contributed by atoms with E-state index in [1.165, 1.54) is 12.8 Å². The average molecular weight is 350 g/mol. The van der Waals surface area contributed by atoms with Gasteiger partial charge in [-0.2, -0.15) is 0 Å². The van der Waals surface area contributed by atoms with Crippen LogP contribution in [0.5, 0.6) is 0 Å².